The SMILES string of the molecule is COC(=O)c1ccc(C23CC4(c5ccc(C(=O)O)cc5)CC(c5ccc(C(=O)O)cc5)(CC(c5ccc(C(=O)O)cc5)(C4)C2)C3)cc1. The fourth-order valence-electron chi connectivity index (χ4n) is 9.84. The molecule has 8 heteroatoms. The van der Waals surface area contributed by atoms with Crippen LogP contribution < -0.4 is 0 Å². The Morgan fingerprint density at radius 1 is 0.426 bits per heavy atom. The number of ether oxygens (including phenoxy) is 1. The molecule has 0 atom stereocenters. The van der Waals surface area contributed by atoms with E-state index in [0.717, 1.165) is 60.8 Å². The number of aromatic carboxylic acids is 3. The van der Waals surface area contributed by atoms with Crippen molar-refractivity contribution in [1.82, 2.24) is 0 Å². The van der Waals surface area contributed by atoms with Gasteiger partial charge >= 0.3 is 23.9 Å². The van der Waals surface area contributed by atoms with Crippen LogP contribution in [0.3, 0.4) is 0 Å². The first kappa shape index (κ1) is 30.4. The summed E-state index contributed by atoms with van der Waals surface area (Å²) in [4.78, 5) is 47.8. The number of rotatable bonds is 8. The topological polar surface area (TPSA) is 138 Å². The van der Waals surface area contributed by atoms with E-state index in [1.807, 2.05) is 48.5 Å². The van der Waals surface area contributed by atoms with Crippen LogP contribution in [0, 0.1) is 0 Å². The van der Waals surface area contributed by atoms with Crippen LogP contribution in [0.25, 0.3) is 0 Å². The van der Waals surface area contributed by atoms with Crippen LogP contribution in [0.2, 0.25) is 0 Å². The first-order chi connectivity index (χ1) is 22.4. The number of carboxylic acids is 3. The highest BCUT2D eigenvalue weighted by Gasteiger charge is 2.69. The number of esters is 1. The van der Waals surface area contributed by atoms with Gasteiger partial charge in [-0.05, 0) is 131 Å². The van der Waals surface area contributed by atoms with Crippen molar-refractivity contribution in [2.75, 3.05) is 7.11 Å². The van der Waals surface area contributed by atoms with E-state index >= 15 is 0 Å². The normalized spacial score (nSPS) is 27.3. The monoisotopic (exact) mass is 630 g/mol. The van der Waals surface area contributed by atoms with E-state index in [1.54, 1.807) is 48.5 Å². The van der Waals surface area contributed by atoms with Gasteiger partial charge in [0, 0.05) is 0 Å². The highest BCUT2D eigenvalue weighted by Crippen LogP contribution is 2.74. The lowest BCUT2D eigenvalue weighted by atomic mass is 9.32. The van der Waals surface area contributed by atoms with Crippen molar-refractivity contribution < 1.29 is 39.2 Å². The van der Waals surface area contributed by atoms with E-state index < -0.39 is 23.9 Å². The number of hydrogen-bond donors (Lipinski definition) is 3. The quantitative estimate of drug-likeness (QED) is 0.177. The molecule has 0 aromatic heterocycles. The van der Waals surface area contributed by atoms with Crippen LogP contribution in [0.1, 0.15) is 102 Å². The Hall–Kier alpha value is -5.24. The molecular formula is C39H34O8. The molecule has 0 amide bonds. The predicted molar refractivity (Wildman–Crippen MR) is 172 cm³/mol. The molecule has 4 bridgehead atoms. The van der Waals surface area contributed by atoms with Crippen molar-refractivity contribution in [3.05, 3.63) is 142 Å². The predicted octanol–water partition coefficient (Wildman–Crippen LogP) is 7.00. The Morgan fingerprint density at radius 2 is 0.638 bits per heavy atom. The molecule has 3 N–H and O–H groups in total. The Balaban J connectivity index is 1.47. The molecule has 8 rings (SSSR count). The first-order valence-electron chi connectivity index (χ1n) is 15.6. The van der Waals surface area contributed by atoms with Gasteiger partial charge in [0.15, 0.2) is 0 Å². The van der Waals surface area contributed by atoms with Crippen LogP contribution >= 0.6 is 0 Å². The molecule has 47 heavy (non-hydrogen) atoms. The van der Waals surface area contributed by atoms with E-state index in [0.29, 0.717) is 5.56 Å². The molecule has 0 radical (unpaired) electrons. The third kappa shape index (κ3) is 4.82. The van der Waals surface area contributed by atoms with Crippen LogP contribution in [0.5, 0.6) is 0 Å². The minimum Gasteiger partial charge on any atom is -0.478 e. The zero-order valence-electron chi connectivity index (χ0n) is 25.9. The van der Waals surface area contributed by atoms with E-state index in [2.05, 4.69) is 0 Å². The molecule has 4 saturated carbocycles. The summed E-state index contributed by atoms with van der Waals surface area (Å²) in [5.41, 5.74) is 3.81. The molecular weight excluding hydrogens is 596 g/mol. The summed E-state index contributed by atoms with van der Waals surface area (Å²) in [6.45, 7) is 0. The number of carbonyl (C=O) groups excluding carboxylic acids is 1. The summed E-state index contributed by atoms with van der Waals surface area (Å²) in [7, 11) is 1.35. The highest BCUT2D eigenvalue weighted by atomic mass is 16.5. The van der Waals surface area contributed by atoms with Crippen LogP contribution in [-0.2, 0) is 26.4 Å². The molecule has 238 valence electrons. The van der Waals surface area contributed by atoms with Gasteiger partial charge in [0.1, 0.15) is 0 Å². The molecule has 4 aliphatic carbocycles. The fraction of sp³-hybridized carbons (Fsp3) is 0.282. The van der Waals surface area contributed by atoms with Crippen LogP contribution in [-0.4, -0.2) is 46.3 Å². The standard InChI is InChI=1S/C39H34O8/c1-47-35(46)27-8-16-31(17-9-27)39-21-36(28-10-2-24(3-11-28)32(40)41)18-37(22-39,29-12-4-25(5-13-29)33(42)43)20-38(19-36,23-39)30-14-6-26(7-15-30)34(44)45/h2-17H,18-23H2,1H3,(H,40,41)(H,42,43)(H,44,45). The molecule has 4 fully saturated rings. The third-order valence-corrected chi connectivity index (χ3v) is 11.2. The summed E-state index contributed by atoms with van der Waals surface area (Å²) >= 11 is 0. The maximum Gasteiger partial charge on any atom is 0.337 e. The van der Waals surface area contributed by atoms with Crippen LogP contribution in [0.4, 0.5) is 0 Å². The van der Waals surface area contributed by atoms with Gasteiger partial charge in [-0.1, -0.05) is 48.5 Å². The lowest BCUT2D eigenvalue weighted by Crippen LogP contribution is -2.67. The maximum absolute atomic E-state index is 12.4. The molecule has 0 unspecified atom stereocenters. The lowest BCUT2D eigenvalue weighted by Gasteiger charge is -2.71. The Kier molecular flexibility index (Phi) is 6.90. The molecule has 0 aliphatic heterocycles. The second kappa shape index (κ2) is 10.7. The summed E-state index contributed by atoms with van der Waals surface area (Å²) in [5, 5.41) is 29.0. The van der Waals surface area contributed by atoms with Crippen LogP contribution in [0.15, 0.2) is 97.1 Å². The number of hydrogen-bond acceptors (Lipinski definition) is 5. The lowest BCUT2D eigenvalue weighted by molar-refractivity contribution is -0.0692. The molecule has 4 aliphatic rings. The van der Waals surface area contributed by atoms with Crippen molar-refractivity contribution in [3.8, 4) is 0 Å². The van der Waals surface area contributed by atoms with E-state index in [-0.39, 0.29) is 38.4 Å². The van der Waals surface area contributed by atoms with Gasteiger partial charge in [0.05, 0.1) is 29.4 Å². The minimum absolute atomic E-state index is 0.213. The van der Waals surface area contributed by atoms with Crippen molar-refractivity contribution in [1.29, 1.82) is 0 Å². The molecule has 4 aromatic carbocycles. The van der Waals surface area contributed by atoms with Crippen molar-refractivity contribution >= 4 is 23.9 Å². The zero-order valence-corrected chi connectivity index (χ0v) is 25.9. The van der Waals surface area contributed by atoms with Crippen molar-refractivity contribution in [2.24, 2.45) is 0 Å². The molecule has 0 heterocycles. The zero-order chi connectivity index (χ0) is 33.2. The van der Waals surface area contributed by atoms with Gasteiger partial charge in [-0.3, -0.25) is 0 Å². The highest BCUT2D eigenvalue weighted by molar-refractivity contribution is 5.90. The second-order valence-electron chi connectivity index (χ2n) is 13.9. The molecule has 4 aromatic rings. The van der Waals surface area contributed by atoms with Crippen molar-refractivity contribution in [2.45, 2.75) is 60.2 Å². The molecule has 8 nitrogen and oxygen atoms in total. The number of carboxylic acid groups (broad SMARTS) is 3. The fourth-order valence-corrected chi connectivity index (χ4v) is 9.84. The average Bonchev–Trinajstić information content (AvgIpc) is 3.07. The summed E-state index contributed by atoms with van der Waals surface area (Å²) in [6, 6.07) is 29.2. The van der Waals surface area contributed by atoms with Gasteiger partial charge in [0.25, 0.3) is 0 Å². The second-order valence-corrected chi connectivity index (χ2v) is 13.9. The van der Waals surface area contributed by atoms with E-state index in [9.17, 15) is 34.5 Å². The van der Waals surface area contributed by atoms with E-state index in [1.165, 1.54) is 7.11 Å². The first-order valence-corrected chi connectivity index (χ1v) is 15.6. The summed E-state index contributed by atoms with van der Waals surface area (Å²) in [6.07, 6.45) is 4.76. The largest absolute Gasteiger partial charge is 0.478 e. The third-order valence-electron chi connectivity index (χ3n) is 11.2. The Morgan fingerprint density at radius 3 is 0.830 bits per heavy atom. The van der Waals surface area contributed by atoms with E-state index in [4.69, 9.17) is 4.74 Å². The van der Waals surface area contributed by atoms with Crippen molar-refractivity contribution in [3.63, 3.8) is 0 Å². The smallest absolute Gasteiger partial charge is 0.337 e. The van der Waals surface area contributed by atoms with Gasteiger partial charge in [-0.25, -0.2) is 19.2 Å². The average molecular weight is 631 g/mol. The van der Waals surface area contributed by atoms with Gasteiger partial charge in [-0.2, -0.15) is 0 Å². The Bertz CT molecular complexity index is 1720. The van der Waals surface area contributed by atoms with Gasteiger partial charge in [-0.15, -0.1) is 0 Å². The van der Waals surface area contributed by atoms with Gasteiger partial charge < -0.3 is 20.1 Å². The molecule has 0 saturated heterocycles. The number of methoxy groups -OCH3 is 1. The van der Waals surface area contributed by atoms with Gasteiger partial charge in [0.2, 0.25) is 0 Å². The molecule has 0 spiro atoms. The number of carbonyl (C=O) groups is 4. The number of benzene rings is 4. The minimum atomic E-state index is -0.991. The maximum atomic E-state index is 12.4. The summed E-state index contributed by atoms with van der Waals surface area (Å²) < 4.78 is 4.96. The Labute approximate surface area is 271 Å². The summed E-state index contributed by atoms with van der Waals surface area (Å²) in [5.74, 6) is -3.39.